The first kappa shape index (κ1) is 17.7. The third kappa shape index (κ3) is 3.45. The van der Waals surface area contributed by atoms with E-state index in [0.29, 0.717) is 10.9 Å². The fourth-order valence-corrected chi connectivity index (χ4v) is 2.88. The molecule has 0 bridgehead atoms. The Hall–Kier alpha value is -3.14. The van der Waals surface area contributed by atoms with E-state index in [4.69, 9.17) is 4.52 Å². The van der Waals surface area contributed by atoms with E-state index in [1.54, 1.807) is 17.5 Å². The number of benzene rings is 1. The minimum Gasteiger partial charge on any atom is -0.477 e. The van der Waals surface area contributed by atoms with Crippen LogP contribution in [-0.2, 0) is 6.18 Å². The molecule has 0 aliphatic rings. The second-order valence-corrected chi connectivity index (χ2v) is 6.00. The van der Waals surface area contributed by atoms with Gasteiger partial charge < -0.3 is 9.63 Å². The van der Waals surface area contributed by atoms with E-state index in [1.165, 1.54) is 17.4 Å². The highest BCUT2D eigenvalue weighted by Crippen LogP contribution is 2.33. The Morgan fingerprint density at radius 2 is 1.96 bits per heavy atom. The molecule has 26 heavy (non-hydrogen) atoms. The van der Waals surface area contributed by atoms with Crippen molar-refractivity contribution in [1.29, 1.82) is 0 Å². The predicted octanol–water partition coefficient (Wildman–Crippen LogP) is 4.37. The summed E-state index contributed by atoms with van der Waals surface area (Å²) in [5.74, 6) is -2.80. The minimum atomic E-state index is -4.61. The molecule has 0 spiro atoms. The maximum atomic E-state index is 12.8. The zero-order chi connectivity index (χ0) is 18.9. The van der Waals surface area contributed by atoms with Gasteiger partial charge in [0.1, 0.15) is 5.69 Å². The number of thiophene rings is 1. The van der Waals surface area contributed by atoms with Gasteiger partial charge in [0.2, 0.25) is 5.88 Å². The molecule has 0 saturated heterocycles. The van der Waals surface area contributed by atoms with Crippen LogP contribution >= 0.6 is 11.3 Å². The highest BCUT2D eigenvalue weighted by molar-refractivity contribution is 7.13. The molecule has 3 rings (SSSR count). The Balaban J connectivity index is 1.92. The van der Waals surface area contributed by atoms with E-state index < -0.39 is 29.5 Å². The standard InChI is InChI=1S/C16H9F3N2O4S/c17-16(18,19)9-4-1-3-8(7-9)13(22)20-14-11(15(23)24)12(21-25-14)10-5-2-6-26-10/h1-7H,(H,20,22)(H,23,24). The summed E-state index contributed by atoms with van der Waals surface area (Å²) in [4.78, 5) is 24.2. The Kier molecular flexibility index (Phi) is 4.51. The summed E-state index contributed by atoms with van der Waals surface area (Å²) in [5, 5.41) is 16.9. The average Bonchev–Trinajstić information content (AvgIpc) is 3.23. The van der Waals surface area contributed by atoms with E-state index in [-0.39, 0.29) is 16.8 Å². The molecule has 0 saturated carbocycles. The van der Waals surface area contributed by atoms with E-state index >= 15 is 0 Å². The summed E-state index contributed by atoms with van der Waals surface area (Å²) in [6, 6.07) is 7.03. The van der Waals surface area contributed by atoms with Crippen molar-refractivity contribution in [3.63, 3.8) is 0 Å². The molecule has 2 N–H and O–H groups in total. The molecule has 2 heterocycles. The lowest BCUT2D eigenvalue weighted by Crippen LogP contribution is -2.15. The van der Waals surface area contributed by atoms with Crippen LogP contribution in [0.2, 0.25) is 0 Å². The fourth-order valence-electron chi connectivity index (χ4n) is 2.17. The SMILES string of the molecule is O=C(Nc1onc(-c2cccs2)c1C(=O)O)c1cccc(C(F)(F)F)c1. The highest BCUT2D eigenvalue weighted by Gasteiger charge is 2.31. The van der Waals surface area contributed by atoms with Crippen molar-refractivity contribution >= 4 is 29.1 Å². The van der Waals surface area contributed by atoms with Crippen LogP contribution in [-0.4, -0.2) is 22.1 Å². The summed E-state index contributed by atoms with van der Waals surface area (Å²) in [5.41, 5.74) is -1.66. The average molecular weight is 382 g/mol. The van der Waals surface area contributed by atoms with Gasteiger partial charge in [0, 0.05) is 5.56 Å². The minimum absolute atomic E-state index is 0.0202. The lowest BCUT2D eigenvalue weighted by atomic mass is 10.1. The van der Waals surface area contributed by atoms with Gasteiger partial charge in [-0.05, 0) is 29.6 Å². The largest absolute Gasteiger partial charge is 0.477 e. The van der Waals surface area contributed by atoms with E-state index in [0.717, 1.165) is 12.1 Å². The molecule has 6 nitrogen and oxygen atoms in total. The van der Waals surface area contributed by atoms with Crippen LogP contribution in [0, 0.1) is 0 Å². The lowest BCUT2D eigenvalue weighted by Gasteiger charge is -2.08. The summed E-state index contributed by atoms with van der Waals surface area (Å²) in [6.07, 6.45) is -4.61. The number of amides is 1. The molecule has 0 aliphatic carbocycles. The van der Waals surface area contributed by atoms with Gasteiger partial charge in [-0.15, -0.1) is 11.3 Å². The van der Waals surface area contributed by atoms with Crippen LogP contribution in [0.4, 0.5) is 19.1 Å². The normalized spacial score (nSPS) is 11.3. The molecule has 10 heteroatoms. The first-order chi connectivity index (χ1) is 12.3. The molecule has 3 aromatic rings. The van der Waals surface area contributed by atoms with Crippen LogP contribution < -0.4 is 5.32 Å². The van der Waals surface area contributed by atoms with Crippen molar-refractivity contribution in [3.05, 3.63) is 58.5 Å². The summed E-state index contributed by atoms with van der Waals surface area (Å²) < 4.78 is 43.1. The first-order valence-corrected chi connectivity index (χ1v) is 7.91. The third-order valence-corrected chi connectivity index (χ3v) is 4.22. The monoisotopic (exact) mass is 382 g/mol. The quantitative estimate of drug-likeness (QED) is 0.699. The second-order valence-electron chi connectivity index (χ2n) is 5.05. The smallest absolute Gasteiger partial charge is 0.416 e. The molecule has 0 radical (unpaired) electrons. The number of rotatable bonds is 4. The Labute approximate surface area is 147 Å². The maximum absolute atomic E-state index is 12.8. The molecule has 134 valence electrons. The number of hydrogen-bond donors (Lipinski definition) is 2. The number of alkyl halides is 3. The van der Waals surface area contributed by atoms with Gasteiger partial charge in [0.25, 0.3) is 5.91 Å². The van der Waals surface area contributed by atoms with Gasteiger partial charge >= 0.3 is 12.1 Å². The molecular formula is C16H9F3N2O4S. The fraction of sp³-hybridized carbons (Fsp3) is 0.0625. The van der Waals surface area contributed by atoms with Crippen molar-refractivity contribution in [2.45, 2.75) is 6.18 Å². The summed E-state index contributed by atoms with van der Waals surface area (Å²) in [7, 11) is 0. The topological polar surface area (TPSA) is 92.4 Å². The molecular weight excluding hydrogens is 373 g/mol. The van der Waals surface area contributed by atoms with Crippen molar-refractivity contribution in [1.82, 2.24) is 5.16 Å². The van der Waals surface area contributed by atoms with Gasteiger partial charge in [-0.25, -0.2) is 4.79 Å². The number of hydrogen-bond acceptors (Lipinski definition) is 5. The number of halogens is 3. The molecule has 2 aromatic heterocycles. The van der Waals surface area contributed by atoms with Crippen LogP contribution in [0.1, 0.15) is 26.3 Å². The Morgan fingerprint density at radius 1 is 1.19 bits per heavy atom. The zero-order valence-corrected chi connectivity index (χ0v) is 13.5. The molecule has 0 fully saturated rings. The van der Waals surface area contributed by atoms with Crippen LogP contribution in [0.5, 0.6) is 0 Å². The Morgan fingerprint density at radius 3 is 2.58 bits per heavy atom. The van der Waals surface area contributed by atoms with E-state index in [2.05, 4.69) is 10.5 Å². The van der Waals surface area contributed by atoms with Gasteiger partial charge in [-0.3, -0.25) is 10.1 Å². The molecule has 0 aliphatic heterocycles. The number of aromatic carboxylic acids is 1. The van der Waals surface area contributed by atoms with Crippen molar-refractivity contribution in [2.24, 2.45) is 0 Å². The van der Waals surface area contributed by atoms with Crippen molar-refractivity contribution in [2.75, 3.05) is 5.32 Å². The number of nitrogens with zero attached hydrogens (tertiary/aromatic N) is 1. The van der Waals surface area contributed by atoms with Crippen molar-refractivity contribution < 1.29 is 32.4 Å². The Bertz CT molecular complexity index is 964. The molecule has 0 unspecified atom stereocenters. The van der Waals surface area contributed by atoms with Gasteiger partial charge in [-0.1, -0.05) is 17.3 Å². The number of nitrogens with one attached hydrogen (secondary N) is 1. The second kappa shape index (κ2) is 6.64. The summed E-state index contributed by atoms with van der Waals surface area (Å²) in [6.45, 7) is 0. The molecule has 0 atom stereocenters. The molecule has 1 aromatic carbocycles. The number of anilines is 1. The van der Waals surface area contributed by atoms with Crippen LogP contribution in [0.15, 0.2) is 46.3 Å². The highest BCUT2D eigenvalue weighted by atomic mass is 32.1. The third-order valence-electron chi connectivity index (χ3n) is 3.34. The number of carbonyl (C=O) groups is 2. The van der Waals surface area contributed by atoms with Gasteiger partial charge in [0.05, 0.1) is 10.4 Å². The van der Waals surface area contributed by atoms with Gasteiger partial charge in [-0.2, -0.15) is 13.2 Å². The van der Waals surface area contributed by atoms with E-state index in [9.17, 15) is 27.9 Å². The number of carboxylic acids is 1. The predicted molar refractivity (Wildman–Crippen MR) is 86.2 cm³/mol. The first-order valence-electron chi connectivity index (χ1n) is 7.03. The zero-order valence-electron chi connectivity index (χ0n) is 12.7. The summed E-state index contributed by atoms with van der Waals surface area (Å²) >= 11 is 1.22. The van der Waals surface area contributed by atoms with Gasteiger partial charge in [0.15, 0.2) is 5.56 Å². The lowest BCUT2D eigenvalue weighted by molar-refractivity contribution is -0.137. The maximum Gasteiger partial charge on any atom is 0.416 e. The van der Waals surface area contributed by atoms with E-state index in [1.807, 2.05) is 0 Å². The van der Waals surface area contributed by atoms with Crippen LogP contribution in [0.3, 0.4) is 0 Å². The molecule has 1 amide bonds. The van der Waals surface area contributed by atoms with Crippen LogP contribution in [0.25, 0.3) is 10.6 Å². The number of aromatic nitrogens is 1. The number of carboxylic acid groups (broad SMARTS) is 1. The van der Waals surface area contributed by atoms with Crippen molar-refractivity contribution in [3.8, 4) is 10.6 Å². The number of carbonyl (C=O) groups excluding carboxylic acids is 1.